The predicted octanol–water partition coefficient (Wildman–Crippen LogP) is 7.52. The van der Waals surface area contributed by atoms with E-state index in [0.29, 0.717) is 51.8 Å². The summed E-state index contributed by atoms with van der Waals surface area (Å²) >= 11 is 12.9. The molecule has 6 nitrogen and oxygen atoms in total. The van der Waals surface area contributed by atoms with E-state index in [-0.39, 0.29) is 35.5 Å². The van der Waals surface area contributed by atoms with Crippen molar-refractivity contribution in [1.29, 1.82) is 5.41 Å². The van der Waals surface area contributed by atoms with Crippen molar-refractivity contribution >= 4 is 34.9 Å². The number of halogens is 2. The molecule has 5 rings (SSSR count). The van der Waals surface area contributed by atoms with E-state index in [0.717, 1.165) is 18.4 Å². The van der Waals surface area contributed by atoms with Gasteiger partial charge in [-0.15, -0.1) is 0 Å². The summed E-state index contributed by atoms with van der Waals surface area (Å²) in [5.74, 6) is -0.340. The van der Waals surface area contributed by atoms with Crippen molar-refractivity contribution in [2.75, 3.05) is 6.61 Å². The number of carboxylic acids is 1. The molecule has 2 aliphatic rings. The molecular weight excluding hydrogens is 537 g/mol. The van der Waals surface area contributed by atoms with Crippen molar-refractivity contribution in [1.82, 2.24) is 0 Å². The lowest BCUT2D eigenvalue weighted by molar-refractivity contribution is 0.0429. The monoisotopic (exact) mass is 565 g/mol. The summed E-state index contributed by atoms with van der Waals surface area (Å²) in [5.41, 5.74) is 1.57. The lowest BCUT2D eigenvalue weighted by Gasteiger charge is -2.25. The number of nitrogens with one attached hydrogen (secondary N) is 1. The molecule has 4 N–H and O–H groups in total. The van der Waals surface area contributed by atoms with Crippen LogP contribution in [-0.4, -0.2) is 33.6 Å². The van der Waals surface area contributed by atoms with Gasteiger partial charge in [0.15, 0.2) is 0 Å². The number of aliphatic hydroxyl groups is 2. The largest absolute Gasteiger partial charge is 0.512 e. The summed E-state index contributed by atoms with van der Waals surface area (Å²) in [6.45, 7) is -0.0334. The molecule has 0 aliphatic heterocycles. The van der Waals surface area contributed by atoms with Gasteiger partial charge in [0.25, 0.3) is 0 Å². The van der Waals surface area contributed by atoms with Crippen LogP contribution in [0.15, 0.2) is 78.1 Å². The maximum atomic E-state index is 11.5. The molecule has 3 aromatic carbocycles. The molecule has 2 atom stereocenters. The molecule has 0 amide bonds. The average Bonchev–Trinajstić information content (AvgIpc) is 3.70. The highest BCUT2D eigenvalue weighted by Crippen LogP contribution is 2.49. The van der Waals surface area contributed by atoms with Gasteiger partial charge < -0.3 is 20.1 Å². The van der Waals surface area contributed by atoms with Gasteiger partial charge in [-0.25, -0.2) is 4.79 Å². The normalized spacial score (nSPS) is 21.4. The van der Waals surface area contributed by atoms with Gasteiger partial charge in [0.05, 0.1) is 27.5 Å². The van der Waals surface area contributed by atoms with Gasteiger partial charge in [-0.05, 0) is 73.9 Å². The molecule has 202 valence electrons. The minimum absolute atomic E-state index is 0.00945. The first-order chi connectivity index (χ1) is 18.7. The second kappa shape index (κ2) is 11.0. The first kappa shape index (κ1) is 27.3. The zero-order valence-corrected chi connectivity index (χ0v) is 22.7. The van der Waals surface area contributed by atoms with Crippen LogP contribution in [-0.2, 0) is 5.60 Å². The Hall–Kier alpha value is -3.32. The van der Waals surface area contributed by atoms with E-state index in [2.05, 4.69) is 0 Å². The molecule has 0 saturated heterocycles. The minimum atomic E-state index is -1.15. The summed E-state index contributed by atoms with van der Waals surface area (Å²) in [5, 5.41) is 41.1. The SMILES string of the molecule is N=C(/C(COc1ccc(C2(O)CCC(c3cccc(C(=O)O)c3)C2)c(Cl)c1)=C(\O)C1CC1)c1ccccc1Cl. The number of aromatic carboxylic acids is 1. The maximum absolute atomic E-state index is 11.5. The van der Waals surface area contributed by atoms with Gasteiger partial charge >= 0.3 is 5.97 Å². The number of allylic oxidation sites excluding steroid dienone is 1. The Bertz CT molecular complexity index is 1460. The first-order valence-corrected chi connectivity index (χ1v) is 13.7. The highest BCUT2D eigenvalue weighted by Gasteiger charge is 2.41. The Kier molecular flexibility index (Phi) is 7.72. The maximum Gasteiger partial charge on any atom is 0.335 e. The summed E-state index contributed by atoms with van der Waals surface area (Å²) in [7, 11) is 0. The highest BCUT2D eigenvalue weighted by atomic mass is 35.5. The number of ether oxygens (including phenoxy) is 1. The smallest absolute Gasteiger partial charge is 0.335 e. The Balaban J connectivity index is 1.32. The molecule has 0 aromatic heterocycles. The number of carboxylic acid groups (broad SMARTS) is 1. The second-order valence-electron chi connectivity index (χ2n) is 10.3. The van der Waals surface area contributed by atoms with E-state index < -0.39 is 11.6 Å². The summed E-state index contributed by atoms with van der Waals surface area (Å²) in [6, 6.07) is 19.0. The van der Waals surface area contributed by atoms with Crippen LogP contribution in [0.4, 0.5) is 0 Å². The molecule has 2 unspecified atom stereocenters. The van der Waals surface area contributed by atoms with E-state index in [1.807, 2.05) is 6.07 Å². The molecule has 3 aromatic rings. The standard InChI is InChI=1S/C31H29Cl2NO5/c32-26-7-2-1-6-23(26)28(34)24(29(35)18-8-9-18)17-39-22-10-11-25(27(33)15-22)31(38)13-12-21(16-31)19-4-3-5-20(14-19)30(36)37/h1-7,10-11,14-15,18,21,34-35,38H,8-9,12-13,16-17H2,(H,36,37)/b29-24-,34-28?. The number of hydrogen-bond acceptors (Lipinski definition) is 5. The van der Waals surface area contributed by atoms with Gasteiger partial charge in [0.2, 0.25) is 0 Å². The van der Waals surface area contributed by atoms with Crippen molar-refractivity contribution in [3.05, 3.63) is 110 Å². The van der Waals surface area contributed by atoms with Crippen molar-refractivity contribution in [3.8, 4) is 5.75 Å². The van der Waals surface area contributed by atoms with E-state index >= 15 is 0 Å². The van der Waals surface area contributed by atoms with Crippen LogP contribution >= 0.6 is 23.2 Å². The number of aliphatic hydroxyl groups excluding tert-OH is 1. The number of carbonyl (C=O) groups is 1. The van der Waals surface area contributed by atoms with Crippen LogP contribution in [0, 0.1) is 11.3 Å². The van der Waals surface area contributed by atoms with E-state index in [4.69, 9.17) is 33.3 Å². The molecule has 0 radical (unpaired) electrons. The second-order valence-corrected chi connectivity index (χ2v) is 11.1. The van der Waals surface area contributed by atoms with Crippen molar-refractivity contribution in [3.63, 3.8) is 0 Å². The average molecular weight is 566 g/mol. The fourth-order valence-corrected chi connectivity index (χ4v) is 5.88. The minimum Gasteiger partial charge on any atom is -0.512 e. The molecule has 2 saturated carbocycles. The Morgan fingerprint density at radius 3 is 2.44 bits per heavy atom. The lowest BCUT2D eigenvalue weighted by atomic mass is 9.89. The van der Waals surface area contributed by atoms with E-state index in [1.165, 1.54) is 0 Å². The van der Waals surface area contributed by atoms with Crippen molar-refractivity contribution in [2.24, 2.45) is 5.92 Å². The van der Waals surface area contributed by atoms with Crippen LogP contribution in [0.1, 0.15) is 65.1 Å². The molecule has 39 heavy (non-hydrogen) atoms. The molecule has 0 bridgehead atoms. The van der Waals surface area contributed by atoms with Crippen molar-refractivity contribution in [2.45, 2.75) is 43.6 Å². The summed E-state index contributed by atoms with van der Waals surface area (Å²) < 4.78 is 5.98. The van der Waals surface area contributed by atoms with Gasteiger partial charge in [-0.2, -0.15) is 0 Å². The fraction of sp³-hybridized carbons (Fsp3) is 0.290. The van der Waals surface area contributed by atoms with E-state index in [1.54, 1.807) is 60.7 Å². The lowest BCUT2D eigenvalue weighted by Crippen LogP contribution is -2.22. The van der Waals surface area contributed by atoms with Crippen LogP contribution in [0.25, 0.3) is 0 Å². The predicted molar refractivity (Wildman–Crippen MR) is 151 cm³/mol. The van der Waals surface area contributed by atoms with Gasteiger partial charge in [0.1, 0.15) is 18.1 Å². The third-order valence-corrected chi connectivity index (χ3v) is 8.28. The first-order valence-electron chi connectivity index (χ1n) is 12.9. The van der Waals surface area contributed by atoms with Crippen LogP contribution in [0.3, 0.4) is 0 Å². The van der Waals surface area contributed by atoms with Crippen LogP contribution in [0.2, 0.25) is 10.0 Å². The summed E-state index contributed by atoms with van der Waals surface area (Å²) in [4.78, 5) is 11.4. The fourth-order valence-electron chi connectivity index (χ4n) is 5.30. The van der Waals surface area contributed by atoms with Crippen molar-refractivity contribution < 1.29 is 24.9 Å². The Labute approximate surface area is 237 Å². The Morgan fingerprint density at radius 1 is 0.974 bits per heavy atom. The van der Waals surface area contributed by atoms with Crippen LogP contribution in [0.5, 0.6) is 5.75 Å². The third kappa shape index (κ3) is 5.83. The third-order valence-electron chi connectivity index (χ3n) is 7.64. The zero-order chi connectivity index (χ0) is 27.7. The molecule has 8 heteroatoms. The van der Waals surface area contributed by atoms with Gasteiger partial charge in [-0.1, -0.05) is 59.6 Å². The number of benzene rings is 3. The zero-order valence-electron chi connectivity index (χ0n) is 21.2. The molecule has 2 aliphatic carbocycles. The van der Waals surface area contributed by atoms with Gasteiger partial charge in [0, 0.05) is 22.1 Å². The number of hydrogen-bond donors (Lipinski definition) is 4. The highest BCUT2D eigenvalue weighted by molar-refractivity contribution is 6.35. The molecule has 2 fully saturated rings. The van der Waals surface area contributed by atoms with Gasteiger partial charge in [-0.3, -0.25) is 5.41 Å². The van der Waals surface area contributed by atoms with Crippen LogP contribution < -0.4 is 4.74 Å². The Morgan fingerprint density at radius 2 is 1.74 bits per heavy atom. The van der Waals surface area contributed by atoms with E-state index in [9.17, 15) is 20.1 Å². The molecular formula is C31H29Cl2NO5. The quantitative estimate of drug-likeness (QED) is 0.158. The summed E-state index contributed by atoms with van der Waals surface area (Å²) in [6.07, 6.45) is 3.35. The number of rotatable bonds is 9. The molecule has 0 heterocycles. The topological polar surface area (TPSA) is 111 Å². The molecule has 0 spiro atoms.